The molecule has 0 saturated heterocycles. The Bertz CT molecular complexity index is 486. The van der Waals surface area contributed by atoms with Crippen LogP contribution in [-0.4, -0.2) is 17.6 Å². The van der Waals surface area contributed by atoms with E-state index in [0.29, 0.717) is 12.2 Å². The second-order valence-electron chi connectivity index (χ2n) is 3.14. The number of rotatable bonds is 3. The first-order valence-electron chi connectivity index (χ1n) is 4.65. The van der Waals surface area contributed by atoms with Crippen LogP contribution in [0.4, 0.5) is 4.39 Å². The maximum absolute atomic E-state index is 13.0. The fraction of sp³-hybridized carbons (Fsp3) is 0.300. The van der Waals surface area contributed by atoms with Crippen molar-refractivity contribution in [3.63, 3.8) is 0 Å². The number of fused-ring (bicyclic) bond motifs is 1. The van der Waals surface area contributed by atoms with Crippen molar-refractivity contribution in [2.24, 2.45) is 0 Å². The normalized spacial score (nSPS) is 10.8. The van der Waals surface area contributed by atoms with Crippen molar-refractivity contribution in [3.8, 4) is 0 Å². The standard InChI is InChI=1S/C10H10FNO3/c1-2-3-14-10(13)7-4-8-9(12-7)6(11)5-15-8/h4-5,12H,2-3H2,1H3. The van der Waals surface area contributed by atoms with Crippen LogP contribution >= 0.6 is 0 Å². The molecule has 2 aromatic rings. The number of furan rings is 1. The van der Waals surface area contributed by atoms with Gasteiger partial charge in [0.25, 0.3) is 0 Å². The molecule has 2 heterocycles. The third-order valence-electron chi connectivity index (χ3n) is 1.97. The van der Waals surface area contributed by atoms with Crippen molar-refractivity contribution in [2.75, 3.05) is 6.61 Å². The van der Waals surface area contributed by atoms with Crippen LogP contribution in [0.25, 0.3) is 11.1 Å². The van der Waals surface area contributed by atoms with Crippen LogP contribution in [0, 0.1) is 5.82 Å². The molecule has 2 aromatic heterocycles. The molecule has 15 heavy (non-hydrogen) atoms. The summed E-state index contributed by atoms with van der Waals surface area (Å²) in [5, 5.41) is 0. The maximum Gasteiger partial charge on any atom is 0.354 e. The average Bonchev–Trinajstić information content (AvgIpc) is 2.78. The van der Waals surface area contributed by atoms with Crippen molar-refractivity contribution in [2.45, 2.75) is 13.3 Å². The molecule has 0 amide bonds. The Hall–Kier alpha value is -1.78. The molecule has 0 unspecified atom stereocenters. The maximum atomic E-state index is 13.0. The van der Waals surface area contributed by atoms with E-state index in [0.717, 1.165) is 12.7 Å². The van der Waals surface area contributed by atoms with Crippen LogP contribution in [0.5, 0.6) is 0 Å². The number of esters is 1. The summed E-state index contributed by atoms with van der Waals surface area (Å²) in [7, 11) is 0. The van der Waals surface area contributed by atoms with Crippen LogP contribution in [0.15, 0.2) is 16.7 Å². The molecule has 4 nitrogen and oxygen atoms in total. The van der Waals surface area contributed by atoms with Gasteiger partial charge in [0.1, 0.15) is 17.5 Å². The largest absolute Gasteiger partial charge is 0.461 e. The number of halogens is 1. The fourth-order valence-corrected chi connectivity index (χ4v) is 1.26. The summed E-state index contributed by atoms with van der Waals surface area (Å²) in [6, 6.07) is 1.43. The highest BCUT2D eigenvalue weighted by Crippen LogP contribution is 2.20. The highest BCUT2D eigenvalue weighted by atomic mass is 19.1. The van der Waals surface area contributed by atoms with Crippen LogP contribution in [-0.2, 0) is 4.74 Å². The second-order valence-corrected chi connectivity index (χ2v) is 3.14. The van der Waals surface area contributed by atoms with Crippen molar-refractivity contribution in [1.29, 1.82) is 0 Å². The van der Waals surface area contributed by atoms with Gasteiger partial charge in [-0.1, -0.05) is 6.92 Å². The summed E-state index contributed by atoms with van der Waals surface area (Å²) in [5.41, 5.74) is 0.714. The number of carbonyl (C=O) groups excluding carboxylic acids is 1. The van der Waals surface area contributed by atoms with E-state index in [9.17, 15) is 9.18 Å². The molecule has 2 rings (SSSR count). The Kier molecular flexibility index (Phi) is 2.45. The highest BCUT2D eigenvalue weighted by molar-refractivity contribution is 5.93. The molecule has 0 atom stereocenters. The molecule has 0 saturated carbocycles. The van der Waals surface area contributed by atoms with E-state index in [1.807, 2.05) is 6.92 Å². The van der Waals surface area contributed by atoms with Gasteiger partial charge in [0.2, 0.25) is 0 Å². The summed E-state index contributed by atoms with van der Waals surface area (Å²) in [6.07, 6.45) is 1.74. The smallest absolute Gasteiger partial charge is 0.354 e. The van der Waals surface area contributed by atoms with E-state index >= 15 is 0 Å². The Morgan fingerprint density at radius 2 is 2.47 bits per heavy atom. The van der Waals surface area contributed by atoms with Gasteiger partial charge in [-0.2, -0.15) is 0 Å². The molecular formula is C10H10FNO3. The number of hydrogen-bond donors (Lipinski definition) is 1. The average molecular weight is 211 g/mol. The summed E-state index contributed by atoms with van der Waals surface area (Å²) in [5.74, 6) is -1.01. The van der Waals surface area contributed by atoms with Crippen molar-refractivity contribution >= 4 is 17.1 Å². The Morgan fingerprint density at radius 3 is 3.13 bits per heavy atom. The molecule has 0 bridgehead atoms. The summed E-state index contributed by atoms with van der Waals surface area (Å²) in [6.45, 7) is 2.25. The molecule has 80 valence electrons. The Balaban J connectivity index is 2.24. The molecule has 0 aliphatic heterocycles. The monoisotopic (exact) mass is 211 g/mol. The molecule has 0 aliphatic carbocycles. The lowest BCUT2D eigenvalue weighted by Crippen LogP contribution is -2.05. The number of hydrogen-bond acceptors (Lipinski definition) is 3. The van der Waals surface area contributed by atoms with Gasteiger partial charge in [0.15, 0.2) is 11.4 Å². The van der Waals surface area contributed by atoms with Crippen LogP contribution in [0.3, 0.4) is 0 Å². The molecule has 0 radical (unpaired) electrons. The van der Waals surface area contributed by atoms with E-state index in [4.69, 9.17) is 9.15 Å². The van der Waals surface area contributed by atoms with Gasteiger partial charge in [-0.15, -0.1) is 0 Å². The molecule has 0 aromatic carbocycles. The van der Waals surface area contributed by atoms with E-state index in [-0.39, 0.29) is 11.2 Å². The van der Waals surface area contributed by atoms with Gasteiger partial charge in [0, 0.05) is 6.07 Å². The molecule has 1 N–H and O–H groups in total. The first-order chi connectivity index (χ1) is 7.22. The van der Waals surface area contributed by atoms with E-state index in [2.05, 4.69) is 4.98 Å². The first-order valence-corrected chi connectivity index (χ1v) is 4.65. The van der Waals surface area contributed by atoms with Gasteiger partial charge in [-0.05, 0) is 6.42 Å². The molecule has 0 aliphatic rings. The topological polar surface area (TPSA) is 55.2 Å². The summed E-state index contributed by atoms with van der Waals surface area (Å²) >= 11 is 0. The fourth-order valence-electron chi connectivity index (χ4n) is 1.26. The predicted molar refractivity (Wildman–Crippen MR) is 51.1 cm³/mol. The van der Waals surface area contributed by atoms with E-state index < -0.39 is 11.8 Å². The highest BCUT2D eigenvalue weighted by Gasteiger charge is 2.15. The number of aromatic amines is 1. The third-order valence-corrected chi connectivity index (χ3v) is 1.97. The SMILES string of the molecule is CCCOC(=O)c1cc2occ(F)c2[nH]1. The summed E-state index contributed by atoms with van der Waals surface area (Å²) < 4.78 is 22.7. The predicted octanol–water partition coefficient (Wildman–Crippen LogP) is 2.47. The zero-order valence-corrected chi connectivity index (χ0v) is 8.17. The van der Waals surface area contributed by atoms with Gasteiger partial charge in [0.05, 0.1) is 6.61 Å². The number of H-pyrrole nitrogens is 1. The number of aromatic nitrogens is 1. The van der Waals surface area contributed by atoms with Gasteiger partial charge in [-0.3, -0.25) is 0 Å². The lowest BCUT2D eigenvalue weighted by molar-refractivity contribution is 0.0499. The van der Waals surface area contributed by atoms with Gasteiger partial charge < -0.3 is 14.1 Å². The molecule has 0 fully saturated rings. The zero-order chi connectivity index (χ0) is 10.8. The van der Waals surface area contributed by atoms with Crippen molar-refractivity contribution in [3.05, 3.63) is 23.8 Å². The molecule has 5 heteroatoms. The third kappa shape index (κ3) is 1.72. The van der Waals surface area contributed by atoms with E-state index in [1.165, 1.54) is 6.07 Å². The minimum absolute atomic E-state index is 0.193. The van der Waals surface area contributed by atoms with Crippen LogP contribution in [0.1, 0.15) is 23.8 Å². The van der Waals surface area contributed by atoms with Crippen molar-refractivity contribution in [1.82, 2.24) is 4.98 Å². The Morgan fingerprint density at radius 1 is 1.67 bits per heavy atom. The zero-order valence-electron chi connectivity index (χ0n) is 8.17. The number of ether oxygens (including phenoxy) is 1. The lowest BCUT2D eigenvalue weighted by atomic mass is 10.4. The number of nitrogens with one attached hydrogen (secondary N) is 1. The quantitative estimate of drug-likeness (QED) is 0.793. The lowest BCUT2D eigenvalue weighted by Gasteiger charge is -1.99. The van der Waals surface area contributed by atoms with E-state index in [1.54, 1.807) is 0 Å². The second kappa shape index (κ2) is 3.76. The summed E-state index contributed by atoms with van der Waals surface area (Å²) in [4.78, 5) is 14.0. The molecule has 0 spiro atoms. The minimum atomic E-state index is -0.514. The van der Waals surface area contributed by atoms with Crippen LogP contribution in [0.2, 0.25) is 0 Å². The molecular weight excluding hydrogens is 201 g/mol. The van der Waals surface area contributed by atoms with Crippen LogP contribution < -0.4 is 0 Å². The number of carbonyl (C=O) groups is 1. The minimum Gasteiger partial charge on any atom is -0.461 e. The Labute approximate surface area is 85.0 Å². The van der Waals surface area contributed by atoms with Gasteiger partial charge in [-0.25, -0.2) is 9.18 Å². The van der Waals surface area contributed by atoms with Crippen molar-refractivity contribution < 1.29 is 18.3 Å². The van der Waals surface area contributed by atoms with Gasteiger partial charge >= 0.3 is 5.97 Å². The first kappa shape index (κ1) is 9.76.